The third kappa shape index (κ3) is 5.01. The second-order valence-corrected chi connectivity index (χ2v) is 6.13. The zero-order valence-corrected chi connectivity index (χ0v) is 15.1. The minimum atomic E-state index is -0.278. The Morgan fingerprint density at radius 1 is 0.889 bits per heavy atom. The Morgan fingerprint density at radius 2 is 1.44 bits per heavy atom. The number of ether oxygens (including phenoxy) is 1. The van der Waals surface area contributed by atoms with Crippen molar-refractivity contribution in [3.63, 3.8) is 0 Å². The highest BCUT2D eigenvalue weighted by Gasteiger charge is 2.09. The summed E-state index contributed by atoms with van der Waals surface area (Å²) in [4.78, 5) is 0. The van der Waals surface area contributed by atoms with Crippen molar-refractivity contribution < 1.29 is 14.9 Å². The Labute approximate surface area is 158 Å². The van der Waals surface area contributed by atoms with Crippen molar-refractivity contribution in [1.82, 2.24) is 5.01 Å². The largest absolute Gasteiger partial charge is 0.504 e. The fraction of sp³-hybridized carbons (Fsp3) is 0.136. The molecule has 0 spiro atoms. The molecular weight excluding hydrogens is 340 g/mol. The van der Waals surface area contributed by atoms with Crippen LogP contribution < -0.4 is 4.74 Å². The van der Waals surface area contributed by atoms with Gasteiger partial charge in [0.05, 0.1) is 26.4 Å². The Morgan fingerprint density at radius 3 is 1.96 bits per heavy atom. The molecule has 0 atom stereocenters. The van der Waals surface area contributed by atoms with Crippen LogP contribution in [0.1, 0.15) is 16.7 Å². The zero-order chi connectivity index (χ0) is 19.1. The summed E-state index contributed by atoms with van der Waals surface area (Å²) in [5.41, 5.74) is 2.93. The summed E-state index contributed by atoms with van der Waals surface area (Å²) >= 11 is 0. The molecule has 0 fully saturated rings. The number of phenols is 2. The van der Waals surface area contributed by atoms with Crippen molar-refractivity contribution in [2.75, 3.05) is 7.11 Å². The minimum absolute atomic E-state index is 0.203. The third-order valence-corrected chi connectivity index (χ3v) is 4.08. The lowest BCUT2D eigenvalue weighted by molar-refractivity contribution is 0.272. The number of methoxy groups -OCH3 is 1. The fourth-order valence-corrected chi connectivity index (χ4v) is 2.72. The van der Waals surface area contributed by atoms with Crippen molar-refractivity contribution in [1.29, 1.82) is 0 Å². The van der Waals surface area contributed by atoms with Gasteiger partial charge in [-0.05, 0) is 23.3 Å². The van der Waals surface area contributed by atoms with E-state index in [0.29, 0.717) is 18.7 Å². The second kappa shape index (κ2) is 8.76. The molecule has 5 nitrogen and oxygen atoms in total. The molecule has 0 heterocycles. The van der Waals surface area contributed by atoms with Crippen LogP contribution in [0.15, 0.2) is 77.9 Å². The number of hydrazone groups is 1. The predicted octanol–water partition coefficient (Wildman–Crippen LogP) is 4.14. The van der Waals surface area contributed by atoms with Gasteiger partial charge in [-0.15, -0.1) is 0 Å². The summed E-state index contributed by atoms with van der Waals surface area (Å²) in [5, 5.41) is 26.1. The lowest BCUT2D eigenvalue weighted by Crippen LogP contribution is -2.17. The summed E-state index contributed by atoms with van der Waals surface area (Å²) in [7, 11) is 1.44. The maximum absolute atomic E-state index is 9.84. The lowest BCUT2D eigenvalue weighted by Gasteiger charge is -2.19. The molecule has 0 unspecified atom stereocenters. The van der Waals surface area contributed by atoms with Crippen LogP contribution in [0, 0.1) is 0 Å². The van der Waals surface area contributed by atoms with Crippen LogP contribution in [0.5, 0.6) is 17.2 Å². The standard InChI is InChI=1S/C22H22N2O3/c1-27-21-13-19(12-20(25)22(21)26)14-23-24(15-17-8-4-2-5-9-17)16-18-10-6-3-7-11-18/h2-14,25-26H,15-16H2,1H3/b23-14+. The summed E-state index contributed by atoms with van der Waals surface area (Å²) in [6.45, 7) is 1.29. The molecule has 0 saturated heterocycles. The van der Waals surface area contributed by atoms with E-state index in [1.165, 1.54) is 13.2 Å². The number of hydrogen-bond donors (Lipinski definition) is 2. The topological polar surface area (TPSA) is 65.3 Å². The molecule has 0 aliphatic heterocycles. The van der Waals surface area contributed by atoms with E-state index in [2.05, 4.69) is 29.4 Å². The first-order valence-corrected chi connectivity index (χ1v) is 8.62. The molecule has 3 aromatic rings. The molecule has 0 saturated carbocycles. The van der Waals surface area contributed by atoms with E-state index >= 15 is 0 Å². The lowest BCUT2D eigenvalue weighted by atomic mass is 10.2. The number of hydrogen-bond acceptors (Lipinski definition) is 5. The quantitative estimate of drug-likeness (QED) is 0.377. The first-order chi connectivity index (χ1) is 13.2. The zero-order valence-electron chi connectivity index (χ0n) is 15.1. The van der Waals surface area contributed by atoms with Gasteiger partial charge in [0.2, 0.25) is 5.75 Å². The normalized spacial score (nSPS) is 10.9. The molecule has 0 radical (unpaired) electrons. The van der Waals surface area contributed by atoms with Crippen molar-refractivity contribution in [2.24, 2.45) is 5.10 Å². The SMILES string of the molecule is COc1cc(/C=N/N(Cc2ccccc2)Cc2ccccc2)cc(O)c1O. The van der Waals surface area contributed by atoms with Crippen molar-refractivity contribution in [3.05, 3.63) is 89.5 Å². The van der Waals surface area contributed by atoms with Crippen LogP contribution in [-0.2, 0) is 13.1 Å². The van der Waals surface area contributed by atoms with Crippen LogP contribution >= 0.6 is 0 Å². The van der Waals surface area contributed by atoms with E-state index < -0.39 is 0 Å². The number of aromatic hydroxyl groups is 2. The van der Waals surface area contributed by atoms with Crippen LogP contribution in [0.4, 0.5) is 0 Å². The Balaban J connectivity index is 1.84. The highest BCUT2D eigenvalue weighted by molar-refractivity contribution is 5.82. The third-order valence-electron chi connectivity index (χ3n) is 4.08. The van der Waals surface area contributed by atoms with E-state index in [4.69, 9.17) is 4.74 Å². The number of nitrogens with zero attached hydrogens (tertiary/aromatic N) is 2. The van der Waals surface area contributed by atoms with Gasteiger partial charge in [-0.2, -0.15) is 5.10 Å². The maximum Gasteiger partial charge on any atom is 0.200 e. The highest BCUT2D eigenvalue weighted by atomic mass is 16.5. The van der Waals surface area contributed by atoms with Gasteiger partial charge in [0.25, 0.3) is 0 Å². The van der Waals surface area contributed by atoms with Gasteiger partial charge in [0, 0.05) is 5.56 Å². The summed E-state index contributed by atoms with van der Waals surface area (Å²) in [6.07, 6.45) is 1.65. The first kappa shape index (κ1) is 18.3. The molecule has 0 amide bonds. The van der Waals surface area contributed by atoms with Gasteiger partial charge in [0.1, 0.15) is 0 Å². The number of rotatable bonds is 7. The average molecular weight is 362 g/mol. The molecule has 0 aromatic heterocycles. The summed E-state index contributed by atoms with van der Waals surface area (Å²) in [5.74, 6) is -0.317. The average Bonchev–Trinajstić information content (AvgIpc) is 2.70. The molecule has 3 aromatic carbocycles. The van der Waals surface area contributed by atoms with E-state index in [1.807, 2.05) is 41.4 Å². The smallest absolute Gasteiger partial charge is 0.200 e. The van der Waals surface area contributed by atoms with Crippen molar-refractivity contribution in [3.8, 4) is 17.2 Å². The van der Waals surface area contributed by atoms with Crippen LogP contribution in [0.2, 0.25) is 0 Å². The molecule has 0 aliphatic carbocycles. The molecule has 5 heteroatoms. The molecule has 2 N–H and O–H groups in total. The Bertz CT molecular complexity index is 855. The molecule has 27 heavy (non-hydrogen) atoms. The highest BCUT2D eigenvalue weighted by Crippen LogP contribution is 2.35. The van der Waals surface area contributed by atoms with Crippen molar-refractivity contribution in [2.45, 2.75) is 13.1 Å². The van der Waals surface area contributed by atoms with Crippen LogP contribution in [0.3, 0.4) is 0 Å². The monoisotopic (exact) mass is 362 g/mol. The number of benzene rings is 3. The number of phenolic OH excluding ortho intramolecular Hbond substituents is 2. The van der Waals surface area contributed by atoms with Gasteiger partial charge in [0.15, 0.2) is 11.5 Å². The second-order valence-electron chi connectivity index (χ2n) is 6.13. The fourth-order valence-electron chi connectivity index (χ4n) is 2.72. The van der Waals surface area contributed by atoms with E-state index in [1.54, 1.807) is 12.3 Å². The predicted molar refractivity (Wildman–Crippen MR) is 106 cm³/mol. The van der Waals surface area contributed by atoms with Gasteiger partial charge in [-0.3, -0.25) is 5.01 Å². The maximum atomic E-state index is 9.84. The Kier molecular flexibility index (Phi) is 5.94. The minimum Gasteiger partial charge on any atom is -0.504 e. The molecule has 0 aliphatic rings. The molecular formula is C22H22N2O3. The molecule has 3 rings (SSSR count). The van der Waals surface area contributed by atoms with Crippen LogP contribution in [0.25, 0.3) is 0 Å². The summed E-state index contributed by atoms with van der Waals surface area (Å²) in [6, 6.07) is 23.3. The van der Waals surface area contributed by atoms with Crippen molar-refractivity contribution >= 4 is 6.21 Å². The molecule has 138 valence electrons. The Hall–Kier alpha value is -3.47. The van der Waals surface area contributed by atoms with Gasteiger partial charge in [-0.25, -0.2) is 0 Å². The van der Waals surface area contributed by atoms with E-state index in [0.717, 1.165) is 11.1 Å². The summed E-state index contributed by atoms with van der Waals surface area (Å²) < 4.78 is 5.08. The first-order valence-electron chi connectivity index (χ1n) is 8.62. The van der Waals surface area contributed by atoms with Gasteiger partial charge < -0.3 is 14.9 Å². The van der Waals surface area contributed by atoms with Gasteiger partial charge >= 0.3 is 0 Å². The molecule has 0 bridgehead atoms. The van der Waals surface area contributed by atoms with E-state index in [9.17, 15) is 10.2 Å². The van der Waals surface area contributed by atoms with E-state index in [-0.39, 0.29) is 17.2 Å². The van der Waals surface area contributed by atoms with Crippen LogP contribution in [-0.4, -0.2) is 28.5 Å². The van der Waals surface area contributed by atoms with Gasteiger partial charge in [-0.1, -0.05) is 60.7 Å².